The Morgan fingerprint density at radius 1 is 0.606 bits per heavy atom. The van der Waals surface area contributed by atoms with Crippen molar-refractivity contribution >= 4 is 11.9 Å². The fourth-order valence-corrected chi connectivity index (χ4v) is 2.85. The van der Waals surface area contributed by atoms with Gasteiger partial charge in [-0.05, 0) is 61.7 Å². The molecule has 2 aromatic carbocycles. The summed E-state index contributed by atoms with van der Waals surface area (Å²) in [5.41, 5.74) is 0.213. The van der Waals surface area contributed by atoms with Crippen LogP contribution in [0.15, 0.2) is 60.7 Å². The van der Waals surface area contributed by atoms with E-state index in [1.54, 1.807) is 27.7 Å². The predicted molar refractivity (Wildman–Crippen MR) is 119 cm³/mol. The molecule has 0 unspecified atom stereocenters. The van der Waals surface area contributed by atoms with Crippen molar-refractivity contribution in [2.24, 2.45) is 0 Å². The van der Waals surface area contributed by atoms with Crippen LogP contribution in [0.4, 0.5) is 0 Å². The maximum atomic E-state index is 11.8. The number of carbonyl (C=O) groups is 2. The lowest BCUT2D eigenvalue weighted by molar-refractivity contribution is -0.520. The van der Waals surface area contributed by atoms with Crippen LogP contribution < -0.4 is 0 Å². The highest BCUT2D eigenvalue weighted by Gasteiger charge is 2.25. The van der Waals surface area contributed by atoms with E-state index in [1.807, 2.05) is 60.7 Å². The number of carbonyl (C=O) groups excluding carboxylic acids is 2. The van der Waals surface area contributed by atoms with Crippen molar-refractivity contribution in [1.29, 1.82) is 0 Å². The summed E-state index contributed by atoms with van der Waals surface area (Å²) in [6.07, 6.45) is 1.94. The quantitative estimate of drug-likeness (QED) is 0.204. The molecule has 0 aliphatic heterocycles. The first kappa shape index (κ1) is 26.5. The number of hydrogen-bond acceptors (Lipinski definition) is 8. The molecule has 2 rings (SSSR count). The van der Waals surface area contributed by atoms with E-state index in [1.165, 1.54) is 0 Å². The Bertz CT molecular complexity index is 778. The van der Waals surface area contributed by atoms with Crippen molar-refractivity contribution in [2.45, 2.75) is 71.0 Å². The monoisotopic (exact) mass is 460 g/mol. The molecule has 0 radical (unpaired) electrons. The maximum absolute atomic E-state index is 11.8. The molecule has 180 valence electrons. The molecule has 0 atom stereocenters. The van der Waals surface area contributed by atoms with Crippen LogP contribution in [0, 0.1) is 0 Å². The SMILES string of the molecule is CC(C)(OOOC(=O)CCCCCC(=O)OOOC(C)(C)c1ccccc1)c1ccccc1. The van der Waals surface area contributed by atoms with Gasteiger partial charge in [-0.2, -0.15) is 9.78 Å². The highest BCUT2D eigenvalue weighted by molar-refractivity contribution is 5.69. The van der Waals surface area contributed by atoms with E-state index in [0.29, 0.717) is 19.3 Å². The molecule has 0 fully saturated rings. The van der Waals surface area contributed by atoms with E-state index in [0.717, 1.165) is 11.1 Å². The lowest BCUT2D eigenvalue weighted by Gasteiger charge is -2.22. The lowest BCUT2D eigenvalue weighted by atomic mass is 9.99. The van der Waals surface area contributed by atoms with Crippen molar-refractivity contribution in [3.8, 4) is 0 Å². The van der Waals surface area contributed by atoms with Crippen LogP contribution in [-0.2, 0) is 50.4 Å². The maximum Gasteiger partial charge on any atom is 0.345 e. The zero-order valence-electron chi connectivity index (χ0n) is 19.6. The van der Waals surface area contributed by atoms with Crippen LogP contribution in [0.3, 0.4) is 0 Å². The molecular formula is C25H32O8. The molecule has 0 aromatic heterocycles. The van der Waals surface area contributed by atoms with Crippen molar-refractivity contribution < 1.29 is 39.2 Å². The van der Waals surface area contributed by atoms with E-state index < -0.39 is 23.1 Å². The van der Waals surface area contributed by atoms with Gasteiger partial charge in [-0.3, -0.25) is 9.78 Å². The first-order chi connectivity index (χ1) is 15.7. The third-order valence-electron chi connectivity index (χ3n) is 4.94. The number of rotatable bonds is 14. The minimum Gasteiger partial charge on any atom is -0.269 e. The summed E-state index contributed by atoms with van der Waals surface area (Å²) >= 11 is 0. The first-order valence-corrected chi connectivity index (χ1v) is 10.9. The molecule has 0 aliphatic carbocycles. The Morgan fingerprint density at radius 3 is 1.33 bits per heavy atom. The predicted octanol–water partition coefficient (Wildman–Crippen LogP) is 5.62. The van der Waals surface area contributed by atoms with Crippen molar-refractivity contribution in [1.82, 2.24) is 0 Å². The smallest absolute Gasteiger partial charge is 0.269 e. The Balaban J connectivity index is 1.51. The molecule has 0 saturated carbocycles. The number of benzene rings is 2. The molecule has 0 heterocycles. The highest BCUT2D eigenvalue weighted by Crippen LogP contribution is 2.25. The zero-order valence-corrected chi connectivity index (χ0v) is 19.6. The summed E-state index contributed by atoms with van der Waals surface area (Å²) in [5, 5.41) is 9.32. The second kappa shape index (κ2) is 13.1. The zero-order chi connectivity index (χ0) is 24.2. The van der Waals surface area contributed by atoms with E-state index >= 15 is 0 Å². The fourth-order valence-electron chi connectivity index (χ4n) is 2.85. The number of unbranched alkanes of at least 4 members (excludes halogenated alkanes) is 2. The molecule has 8 nitrogen and oxygen atoms in total. The second-order valence-electron chi connectivity index (χ2n) is 8.53. The van der Waals surface area contributed by atoms with Gasteiger partial charge in [-0.25, -0.2) is 9.59 Å². The standard InChI is InChI=1S/C25H32O8/c1-24(2,20-14-8-5-9-15-20)30-32-28-22(26)18-12-7-13-19-23(27)29-33-31-25(3,4)21-16-10-6-11-17-21/h5-6,8-11,14-17H,7,12-13,18-19H2,1-4H3. The Labute approximate surface area is 194 Å². The minimum absolute atomic E-state index is 0.134. The van der Waals surface area contributed by atoms with Crippen LogP contribution in [0.2, 0.25) is 0 Å². The van der Waals surface area contributed by atoms with E-state index in [-0.39, 0.29) is 12.8 Å². The molecular weight excluding hydrogens is 428 g/mol. The minimum atomic E-state index is -0.774. The first-order valence-electron chi connectivity index (χ1n) is 10.9. The Morgan fingerprint density at radius 2 is 0.970 bits per heavy atom. The molecule has 0 spiro atoms. The highest BCUT2D eigenvalue weighted by atomic mass is 17.5. The lowest BCUT2D eigenvalue weighted by Crippen LogP contribution is -2.23. The van der Waals surface area contributed by atoms with Gasteiger partial charge in [0.25, 0.3) is 0 Å². The Kier molecular flexibility index (Phi) is 10.5. The summed E-state index contributed by atoms with van der Waals surface area (Å²) in [5.74, 6) is -1.11. The molecule has 0 bridgehead atoms. The van der Waals surface area contributed by atoms with Gasteiger partial charge in [-0.15, -0.1) is 0 Å². The van der Waals surface area contributed by atoms with Crippen LogP contribution in [0.1, 0.15) is 70.9 Å². The molecule has 33 heavy (non-hydrogen) atoms. The van der Waals surface area contributed by atoms with Crippen molar-refractivity contribution in [3.05, 3.63) is 71.8 Å². The molecule has 0 saturated heterocycles. The van der Waals surface area contributed by atoms with Gasteiger partial charge in [0.2, 0.25) is 0 Å². The Hall–Kier alpha value is -2.78. The van der Waals surface area contributed by atoms with Crippen LogP contribution in [0.5, 0.6) is 0 Å². The normalized spacial score (nSPS) is 11.8. The van der Waals surface area contributed by atoms with Crippen molar-refractivity contribution in [3.63, 3.8) is 0 Å². The molecule has 0 amide bonds. The van der Waals surface area contributed by atoms with Gasteiger partial charge < -0.3 is 0 Å². The third kappa shape index (κ3) is 9.71. The average molecular weight is 461 g/mol. The van der Waals surface area contributed by atoms with Crippen LogP contribution >= 0.6 is 0 Å². The number of hydrogen-bond donors (Lipinski definition) is 0. The largest absolute Gasteiger partial charge is 0.345 e. The van der Waals surface area contributed by atoms with Crippen molar-refractivity contribution in [2.75, 3.05) is 0 Å². The van der Waals surface area contributed by atoms with Gasteiger partial charge in [0.15, 0.2) is 0 Å². The molecule has 0 N–H and O–H groups in total. The van der Waals surface area contributed by atoms with Crippen LogP contribution in [0.25, 0.3) is 0 Å². The average Bonchev–Trinajstić information content (AvgIpc) is 2.80. The van der Waals surface area contributed by atoms with Gasteiger partial charge >= 0.3 is 11.9 Å². The third-order valence-corrected chi connectivity index (χ3v) is 4.94. The summed E-state index contributed by atoms with van der Waals surface area (Å²) in [6.45, 7) is 7.19. The van der Waals surface area contributed by atoms with Gasteiger partial charge in [-0.1, -0.05) is 67.1 Å². The topological polar surface area (TPSA) is 89.5 Å². The fraction of sp³-hybridized carbons (Fsp3) is 0.440. The molecule has 2 aromatic rings. The van der Waals surface area contributed by atoms with Gasteiger partial charge in [0.05, 0.1) is 0 Å². The van der Waals surface area contributed by atoms with E-state index in [2.05, 4.69) is 19.9 Å². The van der Waals surface area contributed by atoms with E-state index in [9.17, 15) is 9.59 Å². The van der Waals surface area contributed by atoms with Gasteiger partial charge in [0, 0.05) is 12.8 Å². The van der Waals surface area contributed by atoms with Gasteiger partial charge in [0.1, 0.15) is 11.2 Å². The van der Waals surface area contributed by atoms with Crippen LogP contribution in [-0.4, -0.2) is 11.9 Å². The summed E-state index contributed by atoms with van der Waals surface area (Å²) < 4.78 is 0. The molecule has 0 aliphatic rings. The molecule has 8 heteroatoms. The second-order valence-corrected chi connectivity index (χ2v) is 8.53. The van der Waals surface area contributed by atoms with E-state index in [4.69, 9.17) is 9.78 Å². The summed E-state index contributed by atoms with van der Waals surface area (Å²) in [6, 6.07) is 18.9. The summed E-state index contributed by atoms with van der Waals surface area (Å²) in [4.78, 5) is 43.2. The summed E-state index contributed by atoms with van der Waals surface area (Å²) in [7, 11) is 0.